The molecule has 2 atom stereocenters. The SMILES string of the molecule is O=C(O)C(Cc1ccc(Oc2ccccc2)cc1)C(O)c1ccc(F)cc1. The number of benzene rings is 3. The Kier molecular flexibility index (Phi) is 5.84. The molecule has 0 heterocycles. The van der Waals surface area contributed by atoms with Crippen molar-refractivity contribution in [3.63, 3.8) is 0 Å². The number of rotatable bonds is 7. The van der Waals surface area contributed by atoms with E-state index >= 15 is 0 Å². The second kappa shape index (κ2) is 8.47. The van der Waals surface area contributed by atoms with Crippen LogP contribution in [0.15, 0.2) is 78.9 Å². The van der Waals surface area contributed by atoms with Crippen molar-refractivity contribution in [2.24, 2.45) is 5.92 Å². The van der Waals surface area contributed by atoms with Crippen molar-refractivity contribution in [3.8, 4) is 11.5 Å². The first-order valence-corrected chi connectivity index (χ1v) is 8.51. The van der Waals surface area contributed by atoms with E-state index in [-0.39, 0.29) is 6.42 Å². The van der Waals surface area contributed by atoms with Gasteiger partial charge in [-0.25, -0.2) is 4.39 Å². The second-order valence-corrected chi connectivity index (χ2v) is 6.20. The Morgan fingerprint density at radius 2 is 1.48 bits per heavy atom. The van der Waals surface area contributed by atoms with Gasteiger partial charge in [0.25, 0.3) is 0 Å². The zero-order chi connectivity index (χ0) is 19.2. The summed E-state index contributed by atoms with van der Waals surface area (Å²) in [6.45, 7) is 0. The number of hydrogen-bond donors (Lipinski definition) is 2. The molecule has 3 aromatic carbocycles. The minimum Gasteiger partial charge on any atom is -0.481 e. The molecular weight excluding hydrogens is 347 g/mol. The van der Waals surface area contributed by atoms with Crippen molar-refractivity contribution in [1.29, 1.82) is 0 Å². The van der Waals surface area contributed by atoms with Crippen LogP contribution in [-0.4, -0.2) is 16.2 Å². The number of aliphatic hydroxyl groups excluding tert-OH is 1. The number of ether oxygens (including phenoxy) is 1. The van der Waals surface area contributed by atoms with E-state index in [2.05, 4.69) is 0 Å². The molecule has 0 aliphatic carbocycles. The van der Waals surface area contributed by atoms with Gasteiger partial charge in [0.05, 0.1) is 12.0 Å². The van der Waals surface area contributed by atoms with Crippen LogP contribution in [0.25, 0.3) is 0 Å². The van der Waals surface area contributed by atoms with Gasteiger partial charge in [0.15, 0.2) is 0 Å². The quantitative estimate of drug-likeness (QED) is 0.642. The van der Waals surface area contributed by atoms with Gasteiger partial charge >= 0.3 is 5.97 Å². The first-order valence-electron chi connectivity index (χ1n) is 8.51. The number of aliphatic carboxylic acids is 1. The molecular formula is C22H19FO4. The highest BCUT2D eigenvalue weighted by atomic mass is 19.1. The molecule has 3 aromatic rings. The van der Waals surface area contributed by atoms with Gasteiger partial charge in [-0.05, 0) is 53.9 Å². The van der Waals surface area contributed by atoms with Crippen LogP contribution in [0, 0.1) is 11.7 Å². The van der Waals surface area contributed by atoms with Crippen molar-refractivity contribution < 1.29 is 24.1 Å². The summed E-state index contributed by atoms with van der Waals surface area (Å²) in [5.74, 6) is -1.25. The minimum absolute atomic E-state index is 0.138. The Labute approximate surface area is 156 Å². The topological polar surface area (TPSA) is 66.8 Å². The molecule has 2 N–H and O–H groups in total. The summed E-state index contributed by atoms with van der Waals surface area (Å²) >= 11 is 0. The first-order chi connectivity index (χ1) is 13.0. The first kappa shape index (κ1) is 18.6. The lowest BCUT2D eigenvalue weighted by Crippen LogP contribution is -2.24. The normalized spacial score (nSPS) is 13.0. The maximum absolute atomic E-state index is 13.0. The zero-order valence-corrected chi connectivity index (χ0v) is 14.5. The molecule has 0 spiro atoms. The highest BCUT2D eigenvalue weighted by Crippen LogP contribution is 2.27. The number of carbonyl (C=O) groups is 1. The fraction of sp³-hybridized carbons (Fsp3) is 0.136. The lowest BCUT2D eigenvalue weighted by Gasteiger charge is -2.20. The van der Waals surface area contributed by atoms with Crippen LogP contribution in [0.5, 0.6) is 11.5 Å². The summed E-state index contributed by atoms with van der Waals surface area (Å²) in [6.07, 6.45) is -1.09. The van der Waals surface area contributed by atoms with E-state index in [0.717, 1.165) is 5.56 Å². The van der Waals surface area contributed by atoms with Gasteiger partial charge in [-0.2, -0.15) is 0 Å². The lowest BCUT2D eigenvalue weighted by atomic mass is 9.90. The number of hydrogen-bond acceptors (Lipinski definition) is 3. The van der Waals surface area contributed by atoms with Crippen molar-refractivity contribution in [1.82, 2.24) is 0 Å². The fourth-order valence-corrected chi connectivity index (χ4v) is 2.80. The van der Waals surface area contributed by atoms with Crippen LogP contribution >= 0.6 is 0 Å². The maximum atomic E-state index is 13.0. The van der Waals surface area contributed by atoms with Crippen molar-refractivity contribution in [3.05, 3.63) is 95.8 Å². The Bertz CT molecular complexity index is 876. The van der Waals surface area contributed by atoms with Gasteiger partial charge in [0, 0.05) is 0 Å². The van der Waals surface area contributed by atoms with E-state index in [1.54, 1.807) is 24.3 Å². The van der Waals surface area contributed by atoms with E-state index in [1.165, 1.54) is 24.3 Å². The highest BCUT2D eigenvalue weighted by Gasteiger charge is 2.28. The summed E-state index contributed by atoms with van der Waals surface area (Å²) in [6, 6.07) is 21.6. The van der Waals surface area contributed by atoms with Crippen molar-refractivity contribution >= 4 is 5.97 Å². The van der Waals surface area contributed by atoms with Crippen molar-refractivity contribution in [2.75, 3.05) is 0 Å². The molecule has 4 nitrogen and oxygen atoms in total. The summed E-state index contributed by atoms with van der Waals surface area (Å²) < 4.78 is 18.8. The van der Waals surface area contributed by atoms with Gasteiger partial charge < -0.3 is 14.9 Å². The summed E-state index contributed by atoms with van der Waals surface area (Å²) in [5.41, 5.74) is 1.12. The third kappa shape index (κ3) is 4.92. The van der Waals surface area contributed by atoms with Crippen LogP contribution in [0.3, 0.4) is 0 Å². The number of carboxylic acids is 1. The minimum atomic E-state index is -1.23. The fourth-order valence-electron chi connectivity index (χ4n) is 2.80. The van der Waals surface area contributed by atoms with E-state index in [1.807, 2.05) is 30.3 Å². The van der Waals surface area contributed by atoms with Gasteiger partial charge in [0.1, 0.15) is 17.3 Å². The maximum Gasteiger partial charge on any atom is 0.309 e. The van der Waals surface area contributed by atoms with Crippen LogP contribution in [0.4, 0.5) is 4.39 Å². The number of carboxylic acid groups (broad SMARTS) is 1. The van der Waals surface area contributed by atoms with Gasteiger partial charge in [-0.3, -0.25) is 4.79 Å². The number of halogens is 1. The third-order valence-corrected chi connectivity index (χ3v) is 4.27. The molecule has 0 fully saturated rings. The van der Waals surface area contributed by atoms with E-state index in [9.17, 15) is 19.4 Å². The molecule has 3 rings (SSSR count). The monoisotopic (exact) mass is 366 g/mol. The zero-order valence-electron chi connectivity index (χ0n) is 14.5. The summed E-state index contributed by atoms with van der Waals surface area (Å²) in [4.78, 5) is 11.6. The Morgan fingerprint density at radius 1 is 0.889 bits per heavy atom. The van der Waals surface area contributed by atoms with Crippen LogP contribution in [0.2, 0.25) is 0 Å². The average Bonchev–Trinajstić information content (AvgIpc) is 2.68. The number of para-hydroxylation sites is 1. The lowest BCUT2D eigenvalue weighted by molar-refractivity contribution is -0.145. The van der Waals surface area contributed by atoms with Crippen molar-refractivity contribution in [2.45, 2.75) is 12.5 Å². The van der Waals surface area contributed by atoms with Gasteiger partial charge in [0.2, 0.25) is 0 Å². The largest absolute Gasteiger partial charge is 0.481 e. The molecule has 5 heteroatoms. The van der Waals surface area contributed by atoms with E-state index in [4.69, 9.17) is 4.74 Å². The summed E-state index contributed by atoms with van der Waals surface area (Å²) in [5, 5.41) is 19.9. The molecule has 2 unspecified atom stereocenters. The average molecular weight is 366 g/mol. The molecule has 27 heavy (non-hydrogen) atoms. The second-order valence-electron chi connectivity index (χ2n) is 6.20. The Balaban J connectivity index is 1.71. The molecule has 0 amide bonds. The predicted octanol–water partition coefficient (Wildman–Crippen LogP) is 4.59. The Hall–Kier alpha value is -3.18. The number of aliphatic hydroxyl groups is 1. The highest BCUT2D eigenvalue weighted by molar-refractivity contribution is 5.71. The van der Waals surface area contributed by atoms with Crippen LogP contribution in [0.1, 0.15) is 17.2 Å². The third-order valence-electron chi connectivity index (χ3n) is 4.27. The molecule has 0 bridgehead atoms. The van der Waals surface area contributed by atoms with Gasteiger partial charge in [-0.15, -0.1) is 0 Å². The molecule has 0 aliphatic heterocycles. The van der Waals surface area contributed by atoms with Gasteiger partial charge in [-0.1, -0.05) is 42.5 Å². The molecule has 0 saturated carbocycles. The predicted molar refractivity (Wildman–Crippen MR) is 99.1 cm³/mol. The molecule has 0 radical (unpaired) electrons. The van der Waals surface area contributed by atoms with E-state index < -0.39 is 23.8 Å². The summed E-state index contributed by atoms with van der Waals surface area (Å²) in [7, 11) is 0. The standard InChI is InChI=1S/C22H19FO4/c23-17-10-8-16(9-11-17)21(24)20(22(25)26)14-15-6-12-19(13-7-15)27-18-4-2-1-3-5-18/h1-13,20-21,24H,14H2,(H,25,26). The van der Waals surface area contributed by atoms with Crippen LogP contribution < -0.4 is 4.74 Å². The Morgan fingerprint density at radius 3 is 2.07 bits per heavy atom. The molecule has 0 aromatic heterocycles. The molecule has 0 saturated heterocycles. The molecule has 0 aliphatic rings. The van der Waals surface area contributed by atoms with Crippen LogP contribution in [-0.2, 0) is 11.2 Å². The smallest absolute Gasteiger partial charge is 0.309 e. The van der Waals surface area contributed by atoms with E-state index in [0.29, 0.717) is 17.1 Å². The molecule has 138 valence electrons.